The minimum Gasteiger partial charge on any atom is -0.360 e. The molecule has 3 nitrogen and oxygen atoms in total. The number of anilines is 1. The van der Waals surface area contributed by atoms with Crippen molar-refractivity contribution in [2.75, 3.05) is 17.6 Å². The third-order valence-corrected chi connectivity index (χ3v) is 3.62. The van der Waals surface area contributed by atoms with E-state index in [-0.39, 0.29) is 0 Å². The smallest absolute Gasteiger partial charge is 0.206 e. The van der Waals surface area contributed by atoms with Crippen LogP contribution in [0.25, 0.3) is 0 Å². The summed E-state index contributed by atoms with van der Waals surface area (Å²) in [6, 6.07) is 0. The summed E-state index contributed by atoms with van der Waals surface area (Å²) in [4.78, 5) is 0. The van der Waals surface area contributed by atoms with E-state index in [1.807, 2.05) is 6.92 Å². The van der Waals surface area contributed by atoms with Crippen LogP contribution in [-0.4, -0.2) is 22.5 Å². The molecule has 0 atom stereocenters. The van der Waals surface area contributed by atoms with E-state index in [1.54, 1.807) is 23.1 Å². The average Bonchev–Trinajstić information content (AvgIpc) is 2.59. The Hall–Kier alpha value is -0.550. The standard InChI is InChI=1S/C9H15N3S2/c1-4-5-10-8-11-12-9(14-8)13-6-7(2)3/h2,4-6H2,1,3H3,(H,10,11). The van der Waals surface area contributed by atoms with E-state index in [1.165, 1.54) is 0 Å². The molecule has 1 aromatic heterocycles. The second-order valence-electron chi connectivity index (χ2n) is 3.05. The summed E-state index contributed by atoms with van der Waals surface area (Å²) in [6.07, 6.45) is 1.10. The maximum atomic E-state index is 4.07. The van der Waals surface area contributed by atoms with Crippen LogP contribution in [-0.2, 0) is 0 Å². The maximum absolute atomic E-state index is 4.07. The van der Waals surface area contributed by atoms with Crippen molar-refractivity contribution in [3.05, 3.63) is 12.2 Å². The van der Waals surface area contributed by atoms with Gasteiger partial charge in [0.05, 0.1) is 0 Å². The number of thioether (sulfide) groups is 1. The molecule has 0 aliphatic carbocycles. The Labute approximate surface area is 93.0 Å². The molecular formula is C9H15N3S2. The summed E-state index contributed by atoms with van der Waals surface area (Å²) in [6.45, 7) is 8.95. The average molecular weight is 229 g/mol. The van der Waals surface area contributed by atoms with Crippen molar-refractivity contribution >= 4 is 28.2 Å². The third kappa shape index (κ3) is 4.11. The van der Waals surface area contributed by atoms with Gasteiger partial charge in [-0.05, 0) is 13.3 Å². The van der Waals surface area contributed by atoms with Gasteiger partial charge in [-0.2, -0.15) is 0 Å². The fourth-order valence-electron chi connectivity index (χ4n) is 0.756. The van der Waals surface area contributed by atoms with Crippen molar-refractivity contribution in [2.24, 2.45) is 0 Å². The molecule has 0 saturated carbocycles. The number of hydrogen-bond acceptors (Lipinski definition) is 5. The molecule has 0 amide bonds. The molecule has 1 aromatic rings. The van der Waals surface area contributed by atoms with Gasteiger partial charge >= 0.3 is 0 Å². The largest absolute Gasteiger partial charge is 0.360 e. The zero-order valence-electron chi connectivity index (χ0n) is 8.54. The van der Waals surface area contributed by atoms with Crippen molar-refractivity contribution in [3.8, 4) is 0 Å². The molecule has 1 rings (SSSR count). The molecule has 0 aliphatic rings. The van der Waals surface area contributed by atoms with Crippen molar-refractivity contribution in [1.82, 2.24) is 10.2 Å². The van der Waals surface area contributed by atoms with Crippen LogP contribution >= 0.6 is 23.1 Å². The molecule has 78 valence electrons. The van der Waals surface area contributed by atoms with E-state index >= 15 is 0 Å². The van der Waals surface area contributed by atoms with Gasteiger partial charge in [0.15, 0.2) is 4.34 Å². The highest BCUT2D eigenvalue weighted by Gasteiger charge is 2.03. The van der Waals surface area contributed by atoms with E-state index in [0.717, 1.165) is 33.8 Å². The molecule has 0 fully saturated rings. The zero-order valence-corrected chi connectivity index (χ0v) is 10.2. The lowest BCUT2D eigenvalue weighted by atomic mass is 10.4. The Kier molecular flexibility index (Phi) is 4.97. The van der Waals surface area contributed by atoms with E-state index in [4.69, 9.17) is 0 Å². The van der Waals surface area contributed by atoms with Crippen LogP contribution in [0.4, 0.5) is 5.13 Å². The minimum atomic E-state index is 0.913. The van der Waals surface area contributed by atoms with Crippen molar-refractivity contribution in [1.29, 1.82) is 0 Å². The summed E-state index contributed by atoms with van der Waals surface area (Å²) in [7, 11) is 0. The fraction of sp³-hybridized carbons (Fsp3) is 0.556. The second kappa shape index (κ2) is 6.03. The summed E-state index contributed by atoms with van der Waals surface area (Å²) in [5.41, 5.74) is 1.16. The van der Waals surface area contributed by atoms with Gasteiger partial charge in [-0.25, -0.2) is 0 Å². The molecule has 5 heteroatoms. The summed E-state index contributed by atoms with van der Waals surface area (Å²) >= 11 is 3.29. The SMILES string of the molecule is C=C(C)CSc1nnc(NCCC)s1. The van der Waals surface area contributed by atoms with E-state index in [9.17, 15) is 0 Å². The van der Waals surface area contributed by atoms with Crippen LogP contribution in [0.5, 0.6) is 0 Å². The molecule has 0 radical (unpaired) electrons. The Morgan fingerprint density at radius 3 is 3.00 bits per heavy atom. The summed E-state index contributed by atoms with van der Waals surface area (Å²) < 4.78 is 1.01. The highest BCUT2D eigenvalue weighted by molar-refractivity contribution is 8.01. The van der Waals surface area contributed by atoms with Crippen LogP contribution in [0.15, 0.2) is 16.5 Å². The van der Waals surface area contributed by atoms with Crippen molar-refractivity contribution < 1.29 is 0 Å². The van der Waals surface area contributed by atoms with Gasteiger partial charge in [0, 0.05) is 12.3 Å². The molecule has 0 unspecified atom stereocenters. The van der Waals surface area contributed by atoms with Gasteiger partial charge in [0.2, 0.25) is 5.13 Å². The molecule has 1 N–H and O–H groups in total. The van der Waals surface area contributed by atoms with Crippen LogP contribution < -0.4 is 5.32 Å². The number of hydrogen-bond donors (Lipinski definition) is 1. The van der Waals surface area contributed by atoms with Gasteiger partial charge in [-0.3, -0.25) is 0 Å². The topological polar surface area (TPSA) is 37.8 Å². The van der Waals surface area contributed by atoms with E-state index in [2.05, 4.69) is 29.0 Å². The fourth-order valence-corrected chi connectivity index (χ4v) is 2.38. The molecule has 0 aliphatic heterocycles. The highest BCUT2D eigenvalue weighted by atomic mass is 32.2. The maximum Gasteiger partial charge on any atom is 0.206 e. The van der Waals surface area contributed by atoms with E-state index in [0.29, 0.717) is 0 Å². The number of nitrogens with one attached hydrogen (secondary N) is 1. The molecule has 0 bridgehead atoms. The van der Waals surface area contributed by atoms with Gasteiger partial charge < -0.3 is 5.32 Å². The van der Waals surface area contributed by atoms with Crippen LogP contribution in [0.1, 0.15) is 20.3 Å². The van der Waals surface area contributed by atoms with E-state index < -0.39 is 0 Å². The number of rotatable bonds is 6. The quantitative estimate of drug-likeness (QED) is 0.601. The summed E-state index contributed by atoms with van der Waals surface area (Å²) in [5, 5.41) is 12.2. The number of aromatic nitrogens is 2. The first kappa shape index (κ1) is 11.5. The van der Waals surface area contributed by atoms with Gasteiger partial charge in [0.1, 0.15) is 0 Å². The van der Waals surface area contributed by atoms with Crippen molar-refractivity contribution in [3.63, 3.8) is 0 Å². The molecule has 0 aromatic carbocycles. The van der Waals surface area contributed by atoms with Crippen LogP contribution in [0, 0.1) is 0 Å². The molecule has 1 heterocycles. The van der Waals surface area contributed by atoms with Gasteiger partial charge in [-0.1, -0.05) is 42.2 Å². The Morgan fingerprint density at radius 1 is 1.57 bits per heavy atom. The Bertz CT molecular complexity index is 296. The zero-order chi connectivity index (χ0) is 10.4. The minimum absolute atomic E-state index is 0.913. The number of nitrogens with zero attached hydrogens (tertiary/aromatic N) is 2. The predicted molar refractivity (Wildman–Crippen MR) is 64.2 cm³/mol. The van der Waals surface area contributed by atoms with Gasteiger partial charge in [0.25, 0.3) is 0 Å². The molecule has 14 heavy (non-hydrogen) atoms. The first-order valence-electron chi connectivity index (χ1n) is 4.57. The third-order valence-electron chi connectivity index (χ3n) is 1.37. The first-order valence-corrected chi connectivity index (χ1v) is 6.37. The molecule has 0 spiro atoms. The summed E-state index contributed by atoms with van der Waals surface area (Å²) in [5.74, 6) is 0.919. The second-order valence-corrected chi connectivity index (χ2v) is 5.25. The van der Waals surface area contributed by atoms with Gasteiger partial charge in [-0.15, -0.1) is 10.2 Å². The highest BCUT2D eigenvalue weighted by Crippen LogP contribution is 2.26. The normalized spacial score (nSPS) is 10.1. The molecule has 0 saturated heterocycles. The lowest BCUT2D eigenvalue weighted by Gasteiger charge is -1.95. The monoisotopic (exact) mass is 229 g/mol. The Morgan fingerprint density at radius 2 is 2.36 bits per heavy atom. The lowest BCUT2D eigenvalue weighted by molar-refractivity contribution is 0.951. The van der Waals surface area contributed by atoms with Crippen LogP contribution in [0.2, 0.25) is 0 Å². The molecular weight excluding hydrogens is 214 g/mol. The lowest BCUT2D eigenvalue weighted by Crippen LogP contribution is -1.98. The van der Waals surface area contributed by atoms with Crippen LogP contribution in [0.3, 0.4) is 0 Å². The first-order chi connectivity index (χ1) is 6.72. The Balaban J connectivity index is 2.38. The predicted octanol–water partition coefficient (Wildman–Crippen LogP) is 3.03. The van der Waals surface area contributed by atoms with Crippen molar-refractivity contribution in [2.45, 2.75) is 24.6 Å².